The Hall–Kier alpha value is -0.403. The third kappa shape index (κ3) is 3.38. The quantitative estimate of drug-likeness (QED) is 0.631. The van der Waals surface area contributed by atoms with E-state index < -0.39 is 29.4 Å². The summed E-state index contributed by atoms with van der Waals surface area (Å²) in [5, 5.41) is 1.67. The fourth-order valence-corrected chi connectivity index (χ4v) is 4.55. The second-order valence-electron chi connectivity index (χ2n) is 6.87. The fraction of sp³-hybridized carbons (Fsp3) is 0.917. The molecular formula is C12H25NO4SSi. The molecule has 1 heterocycles. The Kier molecular flexibility index (Phi) is 4.25. The monoisotopic (exact) mass is 307 g/mol. The molecular weight excluding hydrogens is 282 g/mol. The van der Waals surface area contributed by atoms with Crippen LogP contribution in [0, 0.1) is 5.92 Å². The number of amides is 1. The average Bonchev–Trinajstić information content (AvgIpc) is 2.08. The van der Waals surface area contributed by atoms with Crippen molar-refractivity contribution in [3.8, 4) is 0 Å². The number of rotatable bonds is 4. The fourth-order valence-electron chi connectivity index (χ4n) is 1.91. The van der Waals surface area contributed by atoms with Gasteiger partial charge in [-0.1, -0.05) is 20.8 Å². The SMILES string of the molecule is C[C@@H](O[Si](C)(C)C(C)(C)C)[C@H]1C(=O)N[C@@H]1S(C)(=O)=O. The number of carbonyl (C=O) groups is 1. The molecule has 1 fully saturated rings. The molecule has 1 rings (SSSR count). The zero-order chi connectivity index (χ0) is 15.2. The van der Waals surface area contributed by atoms with Crippen LogP contribution < -0.4 is 5.32 Å². The molecule has 5 nitrogen and oxygen atoms in total. The van der Waals surface area contributed by atoms with Crippen molar-refractivity contribution in [3.05, 3.63) is 0 Å². The molecule has 0 aliphatic carbocycles. The van der Waals surface area contributed by atoms with Crippen molar-refractivity contribution in [2.24, 2.45) is 5.92 Å². The number of nitrogens with one attached hydrogen (secondary N) is 1. The number of β-lactam (4-membered cyclic amide) rings is 1. The summed E-state index contributed by atoms with van der Waals surface area (Å²) in [7, 11) is -5.29. The van der Waals surface area contributed by atoms with Crippen LogP contribution in [0.1, 0.15) is 27.7 Å². The van der Waals surface area contributed by atoms with Gasteiger partial charge in [0.25, 0.3) is 0 Å². The van der Waals surface area contributed by atoms with Gasteiger partial charge in [0.05, 0.1) is 12.0 Å². The van der Waals surface area contributed by atoms with Crippen molar-refractivity contribution in [1.29, 1.82) is 0 Å². The van der Waals surface area contributed by atoms with Crippen molar-refractivity contribution in [1.82, 2.24) is 5.32 Å². The molecule has 1 saturated heterocycles. The summed E-state index contributed by atoms with van der Waals surface area (Å²) in [5.74, 6) is -0.828. The van der Waals surface area contributed by atoms with E-state index in [0.717, 1.165) is 6.26 Å². The predicted octanol–water partition coefficient (Wildman–Crippen LogP) is 1.51. The highest BCUT2D eigenvalue weighted by Crippen LogP contribution is 2.39. The molecule has 0 bridgehead atoms. The van der Waals surface area contributed by atoms with Gasteiger partial charge in [-0.2, -0.15) is 0 Å². The highest BCUT2D eigenvalue weighted by molar-refractivity contribution is 7.91. The first-order chi connectivity index (χ1) is 8.27. The lowest BCUT2D eigenvalue weighted by atomic mass is 9.96. The number of hydrogen-bond donors (Lipinski definition) is 1. The van der Waals surface area contributed by atoms with E-state index >= 15 is 0 Å². The highest BCUT2D eigenvalue weighted by Gasteiger charge is 2.51. The van der Waals surface area contributed by atoms with Gasteiger partial charge < -0.3 is 9.74 Å². The molecule has 1 amide bonds. The van der Waals surface area contributed by atoms with Crippen molar-refractivity contribution >= 4 is 24.1 Å². The molecule has 0 aromatic carbocycles. The van der Waals surface area contributed by atoms with Crippen molar-refractivity contribution < 1.29 is 17.6 Å². The molecule has 0 aromatic rings. The van der Waals surface area contributed by atoms with Crippen LogP contribution in [0.5, 0.6) is 0 Å². The average molecular weight is 307 g/mol. The summed E-state index contributed by atoms with van der Waals surface area (Å²) in [4.78, 5) is 11.6. The third-order valence-corrected chi connectivity index (χ3v) is 10.1. The van der Waals surface area contributed by atoms with E-state index in [1.807, 2.05) is 0 Å². The summed E-state index contributed by atoms with van der Waals surface area (Å²) in [6.07, 6.45) is 0.762. The van der Waals surface area contributed by atoms with E-state index in [4.69, 9.17) is 4.43 Å². The minimum absolute atomic E-state index is 0.0298. The molecule has 1 aliphatic heterocycles. The van der Waals surface area contributed by atoms with E-state index in [-0.39, 0.29) is 17.0 Å². The first-order valence-corrected chi connectivity index (χ1v) is 11.3. The summed E-state index contributed by atoms with van der Waals surface area (Å²) >= 11 is 0. The highest BCUT2D eigenvalue weighted by atomic mass is 32.2. The van der Waals surface area contributed by atoms with E-state index in [1.54, 1.807) is 6.92 Å². The number of hydrogen-bond acceptors (Lipinski definition) is 4. The zero-order valence-corrected chi connectivity index (χ0v) is 14.6. The van der Waals surface area contributed by atoms with E-state index in [1.165, 1.54) is 0 Å². The predicted molar refractivity (Wildman–Crippen MR) is 78.0 cm³/mol. The summed E-state index contributed by atoms with van der Waals surface area (Å²) < 4.78 is 29.3. The van der Waals surface area contributed by atoms with Gasteiger partial charge in [-0.15, -0.1) is 0 Å². The third-order valence-electron chi connectivity index (χ3n) is 4.17. The molecule has 112 valence electrons. The molecule has 3 atom stereocenters. The lowest BCUT2D eigenvalue weighted by Crippen LogP contribution is -2.66. The maximum atomic E-state index is 11.6. The van der Waals surface area contributed by atoms with Gasteiger partial charge in [-0.25, -0.2) is 8.42 Å². The zero-order valence-electron chi connectivity index (χ0n) is 12.8. The van der Waals surface area contributed by atoms with Crippen LogP contribution in [0.2, 0.25) is 18.1 Å². The second-order valence-corrected chi connectivity index (χ2v) is 13.8. The minimum atomic E-state index is -3.28. The normalized spacial score (nSPS) is 26.6. The first-order valence-electron chi connectivity index (χ1n) is 6.44. The van der Waals surface area contributed by atoms with E-state index in [0.29, 0.717) is 0 Å². The Morgan fingerprint density at radius 1 is 1.32 bits per heavy atom. The van der Waals surface area contributed by atoms with E-state index in [2.05, 4.69) is 39.2 Å². The van der Waals surface area contributed by atoms with Gasteiger partial charge >= 0.3 is 0 Å². The molecule has 0 aromatic heterocycles. The molecule has 1 N–H and O–H groups in total. The Balaban J connectivity index is 2.84. The number of carbonyl (C=O) groups excluding carboxylic acids is 1. The smallest absolute Gasteiger partial charge is 0.229 e. The number of sulfone groups is 1. The first kappa shape index (κ1) is 16.7. The van der Waals surface area contributed by atoms with Crippen LogP contribution in [0.25, 0.3) is 0 Å². The largest absolute Gasteiger partial charge is 0.413 e. The molecule has 0 saturated carbocycles. The molecule has 0 spiro atoms. The Morgan fingerprint density at radius 3 is 2.11 bits per heavy atom. The van der Waals surface area contributed by atoms with Crippen LogP contribution >= 0.6 is 0 Å². The maximum absolute atomic E-state index is 11.6. The van der Waals surface area contributed by atoms with Gasteiger partial charge in [-0.05, 0) is 25.1 Å². The van der Waals surface area contributed by atoms with Crippen LogP contribution in [-0.2, 0) is 19.1 Å². The molecule has 0 radical (unpaired) electrons. The van der Waals surface area contributed by atoms with Crippen molar-refractivity contribution in [3.63, 3.8) is 0 Å². The maximum Gasteiger partial charge on any atom is 0.229 e. The standard InChI is InChI=1S/C12H25NO4SSi/c1-8(17-19(6,7)12(2,3)4)9-10(14)13-11(9)18(5,15)16/h8-9,11H,1-7H3,(H,13,14)/t8-,9+,11-/m1/s1. The second kappa shape index (κ2) is 4.86. The Labute approximate surface area is 117 Å². The molecule has 0 unspecified atom stereocenters. The van der Waals surface area contributed by atoms with Gasteiger partial charge in [0.2, 0.25) is 5.91 Å². The van der Waals surface area contributed by atoms with Crippen LogP contribution in [0.3, 0.4) is 0 Å². The van der Waals surface area contributed by atoms with Gasteiger partial charge in [0.15, 0.2) is 18.2 Å². The van der Waals surface area contributed by atoms with Crippen LogP contribution in [-0.4, -0.2) is 40.4 Å². The summed E-state index contributed by atoms with van der Waals surface area (Å²) in [5.41, 5.74) is 0. The van der Waals surface area contributed by atoms with Crippen LogP contribution in [0.4, 0.5) is 0 Å². The van der Waals surface area contributed by atoms with E-state index in [9.17, 15) is 13.2 Å². The Morgan fingerprint density at radius 2 is 1.79 bits per heavy atom. The minimum Gasteiger partial charge on any atom is -0.413 e. The molecule has 7 heteroatoms. The van der Waals surface area contributed by atoms with Gasteiger partial charge in [-0.3, -0.25) is 4.79 Å². The summed E-state index contributed by atoms with van der Waals surface area (Å²) in [6.45, 7) is 12.3. The Bertz CT molecular complexity index is 467. The topological polar surface area (TPSA) is 72.5 Å². The van der Waals surface area contributed by atoms with Crippen molar-refractivity contribution in [2.45, 2.75) is 57.3 Å². The lowest BCUT2D eigenvalue weighted by Gasteiger charge is -2.44. The molecule has 19 heavy (non-hydrogen) atoms. The van der Waals surface area contributed by atoms with Crippen LogP contribution in [0.15, 0.2) is 0 Å². The van der Waals surface area contributed by atoms with Gasteiger partial charge in [0.1, 0.15) is 5.37 Å². The molecule has 1 aliphatic rings. The van der Waals surface area contributed by atoms with Gasteiger partial charge in [0, 0.05) is 6.26 Å². The lowest BCUT2D eigenvalue weighted by molar-refractivity contribution is -0.136. The summed E-state index contributed by atoms with van der Waals surface area (Å²) in [6, 6.07) is 0. The van der Waals surface area contributed by atoms with Crippen molar-refractivity contribution in [2.75, 3.05) is 6.26 Å².